The van der Waals surface area contributed by atoms with E-state index in [0.29, 0.717) is 24.7 Å². The second kappa shape index (κ2) is 6.03. The van der Waals surface area contributed by atoms with Gasteiger partial charge in [-0.2, -0.15) is 0 Å². The molecule has 6 heteroatoms. The molecular formula is C15H17ClN2O3. The maximum Gasteiger partial charge on any atom is 0.252 e. The highest BCUT2D eigenvalue weighted by molar-refractivity contribution is 6.30. The normalized spacial score (nSPS) is 25.8. The molecular weight excluding hydrogens is 292 g/mol. The number of nitrogens with zero attached hydrogens (tertiary/aromatic N) is 1. The number of benzene rings is 1. The van der Waals surface area contributed by atoms with E-state index in [0.717, 1.165) is 18.4 Å². The van der Waals surface area contributed by atoms with Crippen LogP contribution in [0.5, 0.6) is 0 Å². The Morgan fingerprint density at radius 2 is 2.10 bits per heavy atom. The summed E-state index contributed by atoms with van der Waals surface area (Å²) in [7, 11) is 0. The third-order valence-electron chi connectivity index (χ3n) is 3.89. The molecule has 1 aromatic carbocycles. The summed E-state index contributed by atoms with van der Waals surface area (Å²) in [5.74, 6) is -0.253. The molecule has 2 amide bonds. The van der Waals surface area contributed by atoms with Crippen LogP contribution < -0.4 is 5.32 Å². The van der Waals surface area contributed by atoms with Crippen LogP contribution in [0.15, 0.2) is 24.3 Å². The molecule has 2 unspecified atom stereocenters. The lowest BCUT2D eigenvalue weighted by molar-refractivity contribution is -0.150. The van der Waals surface area contributed by atoms with Gasteiger partial charge in [-0.05, 0) is 30.5 Å². The number of hydrogen-bond acceptors (Lipinski definition) is 3. The smallest absolute Gasteiger partial charge is 0.252 e. The van der Waals surface area contributed by atoms with Crippen molar-refractivity contribution in [3.8, 4) is 0 Å². The SMILES string of the molecule is O=C1NCCN(C(=O)C2CCCO2)C1c1ccc(Cl)cc1. The van der Waals surface area contributed by atoms with Crippen molar-refractivity contribution in [2.24, 2.45) is 0 Å². The molecule has 0 saturated carbocycles. The number of amides is 2. The first-order valence-electron chi connectivity index (χ1n) is 7.12. The Labute approximate surface area is 128 Å². The quantitative estimate of drug-likeness (QED) is 0.901. The van der Waals surface area contributed by atoms with Gasteiger partial charge in [0.25, 0.3) is 5.91 Å². The van der Waals surface area contributed by atoms with Crippen LogP contribution in [0.1, 0.15) is 24.4 Å². The van der Waals surface area contributed by atoms with Crippen LogP contribution in [-0.4, -0.2) is 42.5 Å². The van der Waals surface area contributed by atoms with Crippen molar-refractivity contribution >= 4 is 23.4 Å². The lowest BCUT2D eigenvalue weighted by atomic mass is 10.0. The predicted molar refractivity (Wildman–Crippen MR) is 77.9 cm³/mol. The minimum atomic E-state index is -0.604. The molecule has 0 bridgehead atoms. The summed E-state index contributed by atoms with van der Waals surface area (Å²) in [6, 6.07) is 6.43. The number of halogens is 1. The molecule has 2 atom stereocenters. The molecule has 112 valence electrons. The molecule has 2 heterocycles. The first-order valence-corrected chi connectivity index (χ1v) is 7.50. The molecule has 0 aromatic heterocycles. The summed E-state index contributed by atoms with van der Waals surface area (Å²) < 4.78 is 5.46. The van der Waals surface area contributed by atoms with Gasteiger partial charge in [-0.3, -0.25) is 9.59 Å². The van der Waals surface area contributed by atoms with Crippen LogP contribution in [-0.2, 0) is 14.3 Å². The zero-order valence-corrected chi connectivity index (χ0v) is 12.3. The van der Waals surface area contributed by atoms with Crippen molar-refractivity contribution in [2.75, 3.05) is 19.7 Å². The first-order chi connectivity index (χ1) is 10.2. The molecule has 2 aliphatic heterocycles. The van der Waals surface area contributed by atoms with Gasteiger partial charge >= 0.3 is 0 Å². The van der Waals surface area contributed by atoms with E-state index >= 15 is 0 Å². The number of carbonyl (C=O) groups excluding carboxylic acids is 2. The Kier molecular flexibility index (Phi) is 4.12. The molecule has 2 aliphatic rings. The molecule has 3 rings (SSSR count). The lowest BCUT2D eigenvalue weighted by Crippen LogP contribution is -2.54. The second-order valence-electron chi connectivity index (χ2n) is 5.28. The van der Waals surface area contributed by atoms with Crippen LogP contribution in [0.3, 0.4) is 0 Å². The van der Waals surface area contributed by atoms with E-state index in [1.807, 2.05) is 0 Å². The topological polar surface area (TPSA) is 58.6 Å². The Morgan fingerprint density at radius 1 is 1.33 bits per heavy atom. The summed E-state index contributed by atoms with van der Waals surface area (Å²) in [5, 5.41) is 3.42. The van der Waals surface area contributed by atoms with E-state index in [1.54, 1.807) is 29.2 Å². The maximum absolute atomic E-state index is 12.6. The number of piperazine rings is 1. The van der Waals surface area contributed by atoms with Crippen molar-refractivity contribution in [3.63, 3.8) is 0 Å². The Hall–Kier alpha value is -1.59. The van der Waals surface area contributed by atoms with E-state index in [2.05, 4.69) is 5.32 Å². The number of nitrogens with one attached hydrogen (secondary N) is 1. The highest BCUT2D eigenvalue weighted by Gasteiger charge is 2.38. The summed E-state index contributed by atoms with van der Waals surface area (Å²) >= 11 is 5.89. The molecule has 2 fully saturated rings. The predicted octanol–water partition coefficient (Wildman–Crippen LogP) is 1.52. The standard InChI is InChI=1S/C15H17ClN2O3/c16-11-5-3-10(4-6-11)13-14(19)17-7-8-18(13)15(20)12-2-1-9-21-12/h3-6,12-13H,1-2,7-9H2,(H,17,19). The summed E-state index contributed by atoms with van der Waals surface area (Å²) in [4.78, 5) is 26.4. The molecule has 0 radical (unpaired) electrons. The van der Waals surface area contributed by atoms with Gasteiger partial charge in [-0.1, -0.05) is 23.7 Å². The lowest BCUT2D eigenvalue weighted by Gasteiger charge is -2.36. The van der Waals surface area contributed by atoms with Gasteiger partial charge in [-0.25, -0.2) is 0 Å². The fraction of sp³-hybridized carbons (Fsp3) is 0.467. The van der Waals surface area contributed by atoms with E-state index in [-0.39, 0.29) is 11.8 Å². The molecule has 0 spiro atoms. The van der Waals surface area contributed by atoms with Gasteiger partial charge in [-0.15, -0.1) is 0 Å². The number of hydrogen-bond donors (Lipinski definition) is 1. The van der Waals surface area contributed by atoms with Gasteiger partial charge in [0.05, 0.1) is 0 Å². The Morgan fingerprint density at radius 3 is 2.76 bits per heavy atom. The van der Waals surface area contributed by atoms with E-state index in [1.165, 1.54) is 0 Å². The van der Waals surface area contributed by atoms with Gasteiger partial charge in [0.2, 0.25) is 5.91 Å². The third-order valence-corrected chi connectivity index (χ3v) is 4.14. The van der Waals surface area contributed by atoms with Crippen LogP contribution in [0, 0.1) is 0 Å². The maximum atomic E-state index is 12.6. The van der Waals surface area contributed by atoms with Crippen LogP contribution >= 0.6 is 11.6 Å². The summed E-state index contributed by atoms with van der Waals surface area (Å²) in [6.07, 6.45) is 1.21. The van der Waals surface area contributed by atoms with Crippen molar-refractivity contribution in [1.29, 1.82) is 0 Å². The van der Waals surface area contributed by atoms with E-state index in [9.17, 15) is 9.59 Å². The van der Waals surface area contributed by atoms with Gasteiger partial charge in [0.15, 0.2) is 0 Å². The summed E-state index contributed by atoms with van der Waals surface area (Å²) in [6.45, 7) is 1.58. The molecule has 1 aromatic rings. The molecule has 1 N–H and O–H groups in total. The average Bonchev–Trinajstić information content (AvgIpc) is 3.02. The fourth-order valence-electron chi connectivity index (χ4n) is 2.84. The first kappa shape index (κ1) is 14.4. The van der Waals surface area contributed by atoms with E-state index < -0.39 is 12.1 Å². The van der Waals surface area contributed by atoms with Crippen molar-refractivity contribution in [2.45, 2.75) is 25.0 Å². The number of ether oxygens (including phenoxy) is 1. The highest BCUT2D eigenvalue weighted by atomic mass is 35.5. The molecule has 0 aliphatic carbocycles. The summed E-state index contributed by atoms with van der Waals surface area (Å²) in [5.41, 5.74) is 0.767. The largest absolute Gasteiger partial charge is 0.368 e. The molecule has 2 saturated heterocycles. The van der Waals surface area contributed by atoms with E-state index in [4.69, 9.17) is 16.3 Å². The number of rotatable bonds is 2. The van der Waals surface area contributed by atoms with Gasteiger partial charge < -0.3 is 15.0 Å². The van der Waals surface area contributed by atoms with Crippen LogP contribution in [0.2, 0.25) is 5.02 Å². The average molecular weight is 309 g/mol. The molecule has 5 nitrogen and oxygen atoms in total. The minimum Gasteiger partial charge on any atom is -0.368 e. The van der Waals surface area contributed by atoms with Gasteiger partial charge in [0.1, 0.15) is 12.1 Å². The number of carbonyl (C=O) groups is 2. The monoisotopic (exact) mass is 308 g/mol. The minimum absolute atomic E-state index is 0.0951. The van der Waals surface area contributed by atoms with Gasteiger partial charge in [0, 0.05) is 24.7 Å². The zero-order valence-electron chi connectivity index (χ0n) is 11.5. The third kappa shape index (κ3) is 2.89. The van der Waals surface area contributed by atoms with Crippen LogP contribution in [0.4, 0.5) is 0 Å². The van der Waals surface area contributed by atoms with Crippen LogP contribution in [0.25, 0.3) is 0 Å². The Bertz CT molecular complexity index is 540. The van der Waals surface area contributed by atoms with Crippen molar-refractivity contribution in [1.82, 2.24) is 10.2 Å². The molecule has 21 heavy (non-hydrogen) atoms. The Balaban J connectivity index is 1.87. The fourth-order valence-corrected chi connectivity index (χ4v) is 2.96. The zero-order chi connectivity index (χ0) is 14.8. The van der Waals surface area contributed by atoms with Crippen molar-refractivity contribution < 1.29 is 14.3 Å². The second-order valence-corrected chi connectivity index (χ2v) is 5.71. The highest BCUT2D eigenvalue weighted by Crippen LogP contribution is 2.27. The van der Waals surface area contributed by atoms with Crippen molar-refractivity contribution in [3.05, 3.63) is 34.9 Å².